The number of aromatic nitrogens is 5. The van der Waals surface area contributed by atoms with E-state index in [-0.39, 0.29) is 23.0 Å². The summed E-state index contributed by atoms with van der Waals surface area (Å²) in [5.74, 6) is -0.0287. The average molecular weight is 580 g/mol. The fourth-order valence-corrected chi connectivity index (χ4v) is 4.63. The first-order valence-corrected chi connectivity index (χ1v) is 13.4. The Balaban J connectivity index is 1.27. The zero-order valence-corrected chi connectivity index (χ0v) is 23.0. The number of ether oxygens (including phenoxy) is 1. The number of anilines is 4. The highest BCUT2D eigenvalue weighted by Crippen LogP contribution is 2.31. The molecule has 12 nitrogen and oxygen atoms in total. The lowest BCUT2D eigenvalue weighted by Crippen LogP contribution is -2.37. The Morgan fingerprint density at radius 1 is 0.837 bits per heavy atom. The van der Waals surface area contributed by atoms with Gasteiger partial charge in [0.05, 0.1) is 24.3 Å². The number of carbonyl (C=O) groups excluding carboxylic acids is 2. The SMILES string of the molecule is CC(=O)Nc1ccc(NC(=O)Nc2ccc(-c3nc(N4CCOCC4)c4ncc(-c5cncnc5)cc4n3)c(F)c2)cc1. The van der Waals surface area contributed by atoms with Crippen LogP contribution in [0.2, 0.25) is 0 Å². The van der Waals surface area contributed by atoms with Gasteiger partial charge < -0.3 is 25.6 Å². The number of rotatable bonds is 6. The van der Waals surface area contributed by atoms with Gasteiger partial charge in [0, 0.05) is 66.8 Å². The number of carbonyl (C=O) groups is 2. The Bertz CT molecular complexity index is 1800. The fraction of sp³-hybridized carbons (Fsp3) is 0.167. The number of fused-ring (bicyclic) bond motifs is 1. The molecule has 5 aromatic rings. The van der Waals surface area contributed by atoms with Crippen molar-refractivity contribution in [3.05, 3.63) is 79.3 Å². The van der Waals surface area contributed by atoms with Crippen LogP contribution in [0.15, 0.2) is 73.4 Å². The Labute approximate surface area is 245 Å². The van der Waals surface area contributed by atoms with Gasteiger partial charge in [-0.1, -0.05) is 0 Å². The molecular weight excluding hydrogens is 553 g/mol. The number of amides is 3. The first-order valence-electron chi connectivity index (χ1n) is 13.4. The van der Waals surface area contributed by atoms with Crippen LogP contribution in [0.3, 0.4) is 0 Å². The summed E-state index contributed by atoms with van der Waals surface area (Å²) in [5.41, 5.74) is 4.18. The lowest BCUT2D eigenvalue weighted by Gasteiger charge is -2.28. The van der Waals surface area contributed by atoms with E-state index in [0.29, 0.717) is 54.5 Å². The van der Waals surface area contributed by atoms with Crippen molar-refractivity contribution in [3.8, 4) is 22.5 Å². The molecule has 0 bridgehead atoms. The van der Waals surface area contributed by atoms with Gasteiger partial charge in [-0.15, -0.1) is 0 Å². The van der Waals surface area contributed by atoms with Gasteiger partial charge in [-0.3, -0.25) is 9.78 Å². The number of hydrogen-bond donors (Lipinski definition) is 3. The van der Waals surface area contributed by atoms with Crippen LogP contribution >= 0.6 is 0 Å². The van der Waals surface area contributed by atoms with E-state index in [2.05, 4.69) is 40.8 Å². The van der Waals surface area contributed by atoms with Gasteiger partial charge in [-0.25, -0.2) is 29.1 Å². The van der Waals surface area contributed by atoms with E-state index in [1.165, 1.54) is 25.4 Å². The minimum absolute atomic E-state index is 0.171. The summed E-state index contributed by atoms with van der Waals surface area (Å²) in [6.07, 6.45) is 6.54. The number of pyridine rings is 1. The molecule has 6 rings (SSSR count). The molecule has 3 amide bonds. The smallest absolute Gasteiger partial charge is 0.323 e. The maximum absolute atomic E-state index is 15.5. The third-order valence-corrected chi connectivity index (χ3v) is 6.65. The Morgan fingerprint density at radius 3 is 2.21 bits per heavy atom. The molecule has 3 N–H and O–H groups in total. The van der Waals surface area contributed by atoms with Crippen molar-refractivity contribution >= 4 is 45.9 Å². The maximum Gasteiger partial charge on any atom is 0.323 e. The lowest BCUT2D eigenvalue weighted by molar-refractivity contribution is -0.114. The number of urea groups is 1. The second-order valence-electron chi connectivity index (χ2n) is 9.72. The van der Waals surface area contributed by atoms with Crippen LogP contribution < -0.4 is 20.9 Å². The van der Waals surface area contributed by atoms with Crippen molar-refractivity contribution in [2.45, 2.75) is 6.92 Å². The van der Waals surface area contributed by atoms with E-state index >= 15 is 4.39 Å². The first kappa shape index (κ1) is 27.6. The number of nitrogens with zero attached hydrogens (tertiary/aromatic N) is 6. The molecule has 0 saturated carbocycles. The second-order valence-corrected chi connectivity index (χ2v) is 9.72. The second kappa shape index (κ2) is 12.1. The number of benzene rings is 2. The molecule has 0 unspecified atom stereocenters. The van der Waals surface area contributed by atoms with Crippen LogP contribution in [-0.4, -0.2) is 63.2 Å². The molecule has 4 heterocycles. The van der Waals surface area contributed by atoms with Crippen molar-refractivity contribution in [1.82, 2.24) is 24.9 Å². The molecule has 1 aliphatic heterocycles. The predicted octanol–water partition coefficient (Wildman–Crippen LogP) is 4.73. The van der Waals surface area contributed by atoms with Gasteiger partial charge in [0.15, 0.2) is 11.6 Å². The number of morpholine rings is 1. The average Bonchev–Trinajstić information content (AvgIpc) is 3.02. The highest BCUT2D eigenvalue weighted by atomic mass is 19.1. The van der Waals surface area contributed by atoms with Crippen molar-refractivity contribution in [1.29, 1.82) is 0 Å². The largest absolute Gasteiger partial charge is 0.378 e. The van der Waals surface area contributed by atoms with Gasteiger partial charge in [-0.2, -0.15) is 0 Å². The van der Waals surface area contributed by atoms with Crippen LogP contribution in [0.1, 0.15) is 6.92 Å². The molecule has 0 radical (unpaired) electrons. The van der Waals surface area contributed by atoms with Crippen molar-refractivity contribution in [3.63, 3.8) is 0 Å². The van der Waals surface area contributed by atoms with Crippen LogP contribution in [0, 0.1) is 5.82 Å². The molecule has 0 aliphatic carbocycles. The summed E-state index contributed by atoms with van der Waals surface area (Å²) in [6, 6.07) is 12.2. The molecule has 0 atom stereocenters. The van der Waals surface area contributed by atoms with E-state index < -0.39 is 11.8 Å². The van der Waals surface area contributed by atoms with Crippen molar-refractivity contribution in [2.24, 2.45) is 0 Å². The summed E-state index contributed by atoms with van der Waals surface area (Å²) in [7, 11) is 0. The van der Waals surface area contributed by atoms with E-state index in [0.717, 1.165) is 11.1 Å². The normalized spacial score (nSPS) is 13.0. The summed E-state index contributed by atoms with van der Waals surface area (Å²) >= 11 is 0. The predicted molar refractivity (Wildman–Crippen MR) is 160 cm³/mol. The number of hydrogen-bond acceptors (Lipinski definition) is 9. The minimum Gasteiger partial charge on any atom is -0.378 e. The van der Waals surface area contributed by atoms with E-state index in [1.54, 1.807) is 48.9 Å². The molecule has 3 aromatic heterocycles. The lowest BCUT2D eigenvalue weighted by atomic mass is 10.1. The van der Waals surface area contributed by atoms with Gasteiger partial charge in [0.25, 0.3) is 0 Å². The zero-order valence-electron chi connectivity index (χ0n) is 23.0. The number of halogens is 1. The van der Waals surface area contributed by atoms with Gasteiger partial charge in [-0.05, 0) is 48.5 Å². The molecule has 43 heavy (non-hydrogen) atoms. The van der Waals surface area contributed by atoms with E-state index in [4.69, 9.17) is 9.72 Å². The van der Waals surface area contributed by atoms with Crippen LogP contribution in [0.4, 0.5) is 32.1 Å². The van der Waals surface area contributed by atoms with Crippen LogP contribution in [0.5, 0.6) is 0 Å². The van der Waals surface area contributed by atoms with Crippen LogP contribution in [0.25, 0.3) is 33.5 Å². The van der Waals surface area contributed by atoms with Crippen molar-refractivity contribution in [2.75, 3.05) is 47.2 Å². The monoisotopic (exact) mass is 579 g/mol. The van der Waals surface area contributed by atoms with Crippen molar-refractivity contribution < 1.29 is 18.7 Å². The van der Waals surface area contributed by atoms with E-state index in [1.807, 2.05) is 6.07 Å². The third kappa shape index (κ3) is 6.36. The molecule has 13 heteroatoms. The molecule has 1 fully saturated rings. The Hall–Kier alpha value is -5.56. The standard InChI is InChI=1S/C30H26FN9O3/c1-18(41)35-21-2-4-22(5-3-21)36-30(42)37-23-6-7-24(25(31)13-23)28-38-26-12-19(20-14-32-17-33-15-20)16-34-27(26)29(39-28)40-8-10-43-11-9-40/h2-7,12-17H,8-11H2,1H3,(H,35,41)(H2,36,37,42). The molecule has 216 valence electrons. The molecule has 2 aromatic carbocycles. The molecule has 0 spiro atoms. The topological polar surface area (TPSA) is 147 Å². The summed E-state index contributed by atoms with van der Waals surface area (Å²) < 4.78 is 21.0. The van der Waals surface area contributed by atoms with E-state index in [9.17, 15) is 9.59 Å². The minimum atomic E-state index is -0.606. The van der Waals surface area contributed by atoms with Crippen LogP contribution in [-0.2, 0) is 9.53 Å². The van der Waals surface area contributed by atoms with Gasteiger partial charge in [0.2, 0.25) is 5.91 Å². The summed E-state index contributed by atoms with van der Waals surface area (Å²) in [6.45, 7) is 3.71. The van der Waals surface area contributed by atoms with Gasteiger partial charge in [0.1, 0.15) is 17.7 Å². The zero-order chi connectivity index (χ0) is 29.8. The Morgan fingerprint density at radius 2 is 1.51 bits per heavy atom. The third-order valence-electron chi connectivity index (χ3n) is 6.65. The summed E-state index contributed by atoms with van der Waals surface area (Å²) in [4.78, 5) is 48.0. The maximum atomic E-state index is 15.5. The summed E-state index contributed by atoms with van der Waals surface area (Å²) in [5, 5.41) is 7.96. The molecular formula is C30H26FN9O3. The number of nitrogens with one attached hydrogen (secondary N) is 3. The Kier molecular flexibility index (Phi) is 7.78. The molecule has 1 aliphatic rings. The fourth-order valence-electron chi connectivity index (χ4n) is 4.63. The quantitative estimate of drug-likeness (QED) is 0.260. The molecule has 1 saturated heterocycles. The highest BCUT2D eigenvalue weighted by molar-refractivity contribution is 6.00. The van der Waals surface area contributed by atoms with Gasteiger partial charge >= 0.3 is 6.03 Å². The first-order chi connectivity index (χ1) is 20.9. The highest BCUT2D eigenvalue weighted by Gasteiger charge is 2.21.